The average Bonchev–Trinajstić information content (AvgIpc) is 2.39. The Bertz CT molecular complexity index is 515. The van der Waals surface area contributed by atoms with Gasteiger partial charge in [0.1, 0.15) is 0 Å². The molecule has 0 saturated heterocycles. The Labute approximate surface area is 100 Å². The number of rotatable bonds is 3. The summed E-state index contributed by atoms with van der Waals surface area (Å²) in [5, 5.41) is 0. The van der Waals surface area contributed by atoms with Crippen molar-refractivity contribution in [2.24, 2.45) is 0 Å². The molecule has 0 aliphatic heterocycles. The average molecular weight is 227 g/mol. The maximum atomic E-state index is 12.1. The molecule has 1 aromatic heterocycles. The number of ether oxygens (including phenoxy) is 1. The first kappa shape index (κ1) is 11.3. The van der Waals surface area contributed by atoms with Crippen LogP contribution in [0.2, 0.25) is 0 Å². The van der Waals surface area contributed by atoms with Crippen molar-refractivity contribution in [3.05, 3.63) is 59.3 Å². The summed E-state index contributed by atoms with van der Waals surface area (Å²) < 4.78 is 4.95. The molecule has 0 unspecified atom stereocenters. The predicted molar refractivity (Wildman–Crippen MR) is 65.4 cm³/mol. The minimum atomic E-state index is -0.0276. The minimum absolute atomic E-state index is 0.0276. The lowest BCUT2D eigenvalue weighted by Gasteiger charge is -2.02. The van der Waals surface area contributed by atoms with Gasteiger partial charge in [-0.15, -0.1) is 0 Å². The van der Waals surface area contributed by atoms with Crippen LogP contribution in [-0.4, -0.2) is 17.9 Å². The Morgan fingerprint density at radius 2 is 1.71 bits per heavy atom. The molecule has 1 aromatic carbocycles. The highest BCUT2D eigenvalue weighted by atomic mass is 16.5. The molecule has 17 heavy (non-hydrogen) atoms. The maximum Gasteiger partial charge on any atom is 0.212 e. The maximum absolute atomic E-state index is 12.1. The van der Waals surface area contributed by atoms with Gasteiger partial charge in [-0.25, -0.2) is 4.98 Å². The zero-order chi connectivity index (χ0) is 12.3. The van der Waals surface area contributed by atoms with Gasteiger partial charge in [0.25, 0.3) is 0 Å². The van der Waals surface area contributed by atoms with Gasteiger partial charge in [-0.2, -0.15) is 0 Å². The molecule has 3 heteroatoms. The number of benzene rings is 1. The molecule has 0 aliphatic carbocycles. The summed E-state index contributed by atoms with van der Waals surface area (Å²) in [5.74, 6) is 0.477. The number of hydrogen-bond acceptors (Lipinski definition) is 3. The van der Waals surface area contributed by atoms with Crippen LogP contribution in [0.15, 0.2) is 42.6 Å². The summed E-state index contributed by atoms with van der Waals surface area (Å²) in [6, 6.07) is 10.9. The van der Waals surface area contributed by atoms with E-state index in [0.29, 0.717) is 17.0 Å². The monoisotopic (exact) mass is 227 g/mol. The van der Waals surface area contributed by atoms with Crippen LogP contribution in [-0.2, 0) is 0 Å². The lowest BCUT2D eigenvalue weighted by molar-refractivity contribution is 0.103. The minimum Gasteiger partial charge on any atom is -0.481 e. The van der Waals surface area contributed by atoms with E-state index in [4.69, 9.17) is 4.74 Å². The summed E-state index contributed by atoms with van der Waals surface area (Å²) >= 11 is 0. The van der Waals surface area contributed by atoms with E-state index in [2.05, 4.69) is 4.98 Å². The molecular formula is C14H13NO2. The fraction of sp³-hybridized carbons (Fsp3) is 0.143. The molecule has 2 rings (SSSR count). The summed E-state index contributed by atoms with van der Waals surface area (Å²) in [5.41, 5.74) is 2.37. The van der Waals surface area contributed by atoms with Crippen molar-refractivity contribution in [3.63, 3.8) is 0 Å². The van der Waals surface area contributed by atoms with E-state index >= 15 is 0 Å². The first-order valence-electron chi connectivity index (χ1n) is 5.32. The van der Waals surface area contributed by atoms with Crippen LogP contribution in [0.3, 0.4) is 0 Å². The number of aromatic nitrogens is 1. The SMILES string of the molecule is COc1ccc(C(=O)c2ccc(C)cc2)cn1. The van der Waals surface area contributed by atoms with E-state index in [0.717, 1.165) is 5.56 Å². The third-order valence-corrected chi connectivity index (χ3v) is 2.52. The number of carbonyl (C=O) groups excluding carboxylic acids is 1. The molecule has 0 aliphatic rings. The molecule has 2 aromatic rings. The Kier molecular flexibility index (Phi) is 3.19. The Morgan fingerprint density at radius 3 is 2.24 bits per heavy atom. The van der Waals surface area contributed by atoms with E-state index in [-0.39, 0.29) is 5.78 Å². The van der Waals surface area contributed by atoms with Gasteiger partial charge in [-0.05, 0) is 13.0 Å². The fourth-order valence-electron chi connectivity index (χ4n) is 1.51. The topological polar surface area (TPSA) is 39.2 Å². The number of pyridine rings is 1. The molecule has 0 fully saturated rings. The molecule has 0 amide bonds. The van der Waals surface area contributed by atoms with Crippen LogP contribution in [0.1, 0.15) is 21.5 Å². The van der Waals surface area contributed by atoms with Crippen molar-refractivity contribution in [3.8, 4) is 5.88 Å². The number of carbonyl (C=O) groups is 1. The second kappa shape index (κ2) is 4.78. The van der Waals surface area contributed by atoms with Crippen LogP contribution in [0.25, 0.3) is 0 Å². The van der Waals surface area contributed by atoms with Crippen molar-refractivity contribution in [2.45, 2.75) is 6.92 Å². The fourth-order valence-corrected chi connectivity index (χ4v) is 1.51. The van der Waals surface area contributed by atoms with Crippen molar-refractivity contribution >= 4 is 5.78 Å². The van der Waals surface area contributed by atoms with Crippen LogP contribution in [0.5, 0.6) is 5.88 Å². The lowest BCUT2D eigenvalue weighted by Crippen LogP contribution is -2.02. The van der Waals surface area contributed by atoms with Gasteiger partial charge in [0.05, 0.1) is 7.11 Å². The van der Waals surface area contributed by atoms with Gasteiger partial charge in [0.15, 0.2) is 5.78 Å². The van der Waals surface area contributed by atoms with Crippen molar-refractivity contribution in [1.29, 1.82) is 0 Å². The first-order valence-corrected chi connectivity index (χ1v) is 5.32. The molecule has 0 bridgehead atoms. The molecule has 0 radical (unpaired) electrons. The van der Waals surface area contributed by atoms with Crippen molar-refractivity contribution < 1.29 is 9.53 Å². The van der Waals surface area contributed by atoms with E-state index in [9.17, 15) is 4.79 Å². The van der Waals surface area contributed by atoms with Gasteiger partial charge in [-0.1, -0.05) is 29.8 Å². The highest BCUT2D eigenvalue weighted by Gasteiger charge is 2.09. The third kappa shape index (κ3) is 2.50. The Balaban J connectivity index is 2.27. The van der Waals surface area contributed by atoms with Crippen molar-refractivity contribution in [1.82, 2.24) is 4.98 Å². The Hall–Kier alpha value is -2.16. The zero-order valence-corrected chi connectivity index (χ0v) is 9.81. The van der Waals surface area contributed by atoms with Gasteiger partial charge in [-0.3, -0.25) is 4.79 Å². The van der Waals surface area contributed by atoms with Gasteiger partial charge >= 0.3 is 0 Å². The van der Waals surface area contributed by atoms with E-state index in [1.807, 2.05) is 31.2 Å². The zero-order valence-electron chi connectivity index (χ0n) is 9.81. The molecular weight excluding hydrogens is 214 g/mol. The summed E-state index contributed by atoms with van der Waals surface area (Å²) in [6.45, 7) is 1.99. The van der Waals surface area contributed by atoms with Crippen LogP contribution < -0.4 is 4.74 Å². The van der Waals surface area contributed by atoms with Crippen molar-refractivity contribution in [2.75, 3.05) is 7.11 Å². The molecule has 0 saturated carbocycles. The second-order valence-electron chi connectivity index (χ2n) is 3.78. The first-order chi connectivity index (χ1) is 8.20. The number of methoxy groups -OCH3 is 1. The summed E-state index contributed by atoms with van der Waals surface area (Å²) in [6.07, 6.45) is 1.53. The molecule has 0 N–H and O–H groups in total. The standard InChI is InChI=1S/C14H13NO2/c1-10-3-5-11(6-4-10)14(16)12-7-8-13(17-2)15-9-12/h3-9H,1-2H3. The van der Waals surface area contributed by atoms with Gasteiger partial charge < -0.3 is 4.74 Å². The third-order valence-electron chi connectivity index (χ3n) is 2.52. The largest absolute Gasteiger partial charge is 0.481 e. The highest BCUT2D eigenvalue weighted by molar-refractivity contribution is 6.08. The second-order valence-corrected chi connectivity index (χ2v) is 3.78. The quantitative estimate of drug-likeness (QED) is 0.757. The smallest absolute Gasteiger partial charge is 0.212 e. The number of nitrogens with zero attached hydrogens (tertiary/aromatic N) is 1. The number of hydrogen-bond donors (Lipinski definition) is 0. The molecule has 3 nitrogen and oxygen atoms in total. The number of aryl methyl sites for hydroxylation is 1. The van der Waals surface area contributed by atoms with E-state index < -0.39 is 0 Å². The summed E-state index contributed by atoms with van der Waals surface area (Å²) in [4.78, 5) is 16.1. The van der Waals surface area contributed by atoms with Crippen LogP contribution >= 0.6 is 0 Å². The van der Waals surface area contributed by atoms with Crippen LogP contribution in [0, 0.1) is 6.92 Å². The number of ketones is 1. The predicted octanol–water partition coefficient (Wildman–Crippen LogP) is 2.63. The van der Waals surface area contributed by atoms with Gasteiger partial charge in [0, 0.05) is 23.4 Å². The normalized spacial score (nSPS) is 10.0. The van der Waals surface area contributed by atoms with E-state index in [1.54, 1.807) is 19.2 Å². The molecule has 0 atom stereocenters. The molecule has 0 spiro atoms. The van der Waals surface area contributed by atoms with E-state index in [1.165, 1.54) is 6.20 Å². The van der Waals surface area contributed by atoms with Gasteiger partial charge in [0.2, 0.25) is 5.88 Å². The van der Waals surface area contributed by atoms with Crippen LogP contribution in [0.4, 0.5) is 0 Å². The molecule has 86 valence electrons. The Morgan fingerprint density at radius 1 is 1.06 bits per heavy atom. The highest BCUT2D eigenvalue weighted by Crippen LogP contribution is 2.12. The molecule has 1 heterocycles. The summed E-state index contributed by atoms with van der Waals surface area (Å²) in [7, 11) is 1.55. The lowest BCUT2D eigenvalue weighted by atomic mass is 10.0.